The van der Waals surface area contributed by atoms with Gasteiger partial charge in [0.05, 0.1) is 5.54 Å². The Labute approximate surface area is 224 Å². The van der Waals surface area contributed by atoms with Gasteiger partial charge in [-0.2, -0.15) is 0 Å². The molecule has 206 valence electrons. The Morgan fingerprint density at radius 2 is 0.639 bits per heavy atom. The van der Waals surface area contributed by atoms with Gasteiger partial charge in [-0.3, -0.25) is 9.80 Å². The summed E-state index contributed by atoms with van der Waals surface area (Å²) in [7, 11) is 0. The zero-order valence-electron chi connectivity index (χ0n) is 23.8. The summed E-state index contributed by atoms with van der Waals surface area (Å²) < 4.78 is 0. The molecule has 3 heteroatoms. The van der Waals surface area contributed by atoms with Crippen molar-refractivity contribution < 1.29 is 0 Å². The number of rotatable bonds is 5. The second kappa shape index (κ2) is 12.6. The lowest BCUT2D eigenvalue weighted by molar-refractivity contribution is 0.256. The van der Waals surface area contributed by atoms with Gasteiger partial charge in [0, 0.05) is 25.2 Å². The molecule has 0 atom stereocenters. The highest BCUT2D eigenvalue weighted by Gasteiger charge is 2.50. The lowest BCUT2D eigenvalue weighted by Gasteiger charge is -2.54. The standard InChI is InChI=1S/C33H59N2P/c1-6-16-28(17-7-1)34-26-27-35(29-18-8-2-9-19-29)33(34)36(30-20-10-3-11-21-30,31-22-12-4-13-23-31)32-24-14-5-15-25-32/h28-32H,1-27H2. The fraction of sp³-hybridized carbons (Fsp3) is 0.970. The highest BCUT2D eigenvalue weighted by atomic mass is 31.2. The molecule has 1 heterocycles. The minimum atomic E-state index is -1.25. The fourth-order valence-corrected chi connectivity index (χ4v) is 18.3. The third-order valence-corrected chi connectivity index (χ3v) is 18.4. The molecule has 0 spiro atoms. The molecule has 6 rings (SSSR count). The van der Waals surface area contributed by atoms with E-state index in [-0.39, 0.29) is 0 Å². The van der Waals surface area contributed by atoms with E-state index in [0.717, 1.165) is 29.1 Å². The van der Waals surface area contributed by atoms with Crippen molar-refractivity contribution in [1.29, 1.82) is 0 Å². The van der Waals surface area contributed by atoms with Crippen LogP contribution < -0.4 is 0 Å². The van der Waals surface area contributed by atoms with Gasteiger partial charge in [0.15, 0.2) is 0 Å². The summed E-state index contributed by atoms with van der Waals surface area (Å²) >= 11 is 0. The van der Waals surface area contributed by atoms with Crippen LogP contribution in [-0.2, 0) is 0 Å². The van der Waals surface area contributed by atoms with Crippen molar-refractivity contribution in [2.45, 2.75) is 190 Å². The van der Waals surface area contributed by atoms with Gasteiger partial charge in [0.1, 0.15) is 0 Å². The predicted molar refractivity (Wildman–Crippen MR) is 160 cm³/mol. The van der Waals surface area contributed by atoms with Crippen LogP contribution in [0.3, 0.4) is 0 Å². The molecule has 1 saturated heterocycles. The molecule has 0 bridgehead atoms. The van der Waals surface area contributed by atoms with E-state index < -0.39 is 6.89 Å². The molecule has 0 N–H and O–H groups in total. The lowest BCUT2D eigenvalue weighted by atomic mass is 9.94. The smallest absolute Gasteiger partial charge is 0.0600 e. The van der Waals surface area contributed by atoms with E-state index in [9.17, 15) is 0 Å². The Morgan fingerprint density at radius 3 is 0.944 bits per heavy atom. The van der Waals surface area contributed by atoms with Crippen LogP contribution >= 0.6 is 6.89 Å². The predicted octanol–water partition coefficient (Wildman–Crippen LogP) is 9.37. The van der Waals surface area contributed by atoms with Crippen molar-refractivity contribution in [3.8, 4) is 0 Å². The number of hydrogen-bond donors (Lipinski definition) is 0. The van der Waals surface area contributed by atoms with E-state index in [1.54, 1.807) is 77.0 Å². The molecular weight excluding hydrogens is 455 g/mol. The number of hydrogen-bond acceptors (Lipinski definition) is 0. The van der Waals surface area contributed by atoms with E-state index in [4.69, 9.17) is 0 Å². The average Bonchev–Trinajstić information content (AvgIpc) is 3.42. The van der Waals surface area contributed by atoms with E-state index in [1.807, 2.05) is 0 Å². The summed E-state index contributed by atoms with van der Waals surface area (Å²) in [6.07, 6.45) is 38.5. The molecule has 1 aliphatic heterocycles. The van der Waals surface area contributed by atoms with Crippen LogP contribution in [0, 0.1) is 0 Å². The van der Waals surface area contributed by atoms with Crippen molar-refractivity contribution in [2.75, 3.05) is 13.1 Å². The topological polar surface area (TPSA) is 6.48 Å². The monoisotopic (exact) mass is 514 g/mol. The fourth-order valence-electron chi connectivity index (χ4n) is 10.4. The first-order valence-electron chi connectivity index (χ1n) is 17.2. The van der Waals surface area contributed by atoms with E-state index in [1.165, 1.54) is 96.6 Å². The zero-order valence-corrected chi connectivity index (χ0v) is 24.7. The van der Waals surface area contributed by atoms with Crippen molar-refractivity contribution >= 4 is 12.4 Å². The van der Waals surface area contributed by atoms with Crippen LogP contribution in [0.2, 0.25) is 0 Å². The molecule has 2 nitrogen and oxygen atoms in total. The molecule has 0 unspecified atom stereocenters. The van der Waals surface area contributed by atoms with Gasteiger partial charge < -0.3 is 0 Å². The summed E-state index contributed by atoms with van der Waals surface area (Å²) in [6, 6.07) is 1.77. The molecule has 5 saturated carbocycles. The Kier molecular flexibility index (Phi) is 9.25. The molecule has 36 heavy (non-hydrogen) atoms. The summed E-state index contributed by atoms with van der Waals surface area (Å²) in [5.41, 5.74) is 5.39. The maximum atomic E-state index is 3.24. The van der Waals surface area contributed by atoms with E-state index in [2.05, 4.69) is 15.3 Å². The lowest BCUT2D eigenvalue weighted by Crippen LogP contribution is -2.49. The van der Waals surface area contributed by atoms with Crippen LogP contribution in [0.5, 0.6) is 0 Å². The third-order valence-electron chi connectivity index (χ3n) is 12.0. The van der Waals surface area contributed by atoms with Gasteiger partial charge >= 0.3 is 0 Å². The van der Waals surface area contributed by atoms with Crippen LogP contribution in [-0.4, -0.2) is 57.5 Å². The SMILES string of the molecule is C1CCC(N2CCN(C3CCCCC3)C2=P(C2CCCCC2)(C2CCCCC2)C2CCCCC2)CC1. The summed E-state index contributed by atoms with van der Waals surface area (Å²) in [5, 5.41) is 0. The average molecular weight is 515 g/mol. The molecular formula is C33H59N2P. The highest BCUT2D eigenvalue weighted by Crippen LogP contribution is 2.71. The molecule has 6 aliphatic rings. The van der Waals surface area contributed by atoms with Crippen LogP contribution in [0.1, 0.15) is 161 Å². The number of nitrogens with zero attached hydrogens (tertiary/aromatic N) is 2. The minimum absolute atomic E-state index is 0.887. The van der Waals surface area contributed by atoms with Crippen molar-refractivity contribution in [2.24, 2.45) is 0 Å². The first-order valence-corrected chi connectivity index (χ1v) is 19.2. The summed E-state index contributed by atoms with van der Waals surface area (Å²) in [5.74, 6) is 0. The minimum Gasteiger partial charge on any atom is -0.261 e. The van der Waals surface area contributed by atoms with Crippen molar-refractivity contribution in [1.82, 2.24) is 9.80 Å². The molecule has 6 fully saturated rings. The largest absolute Gasteiger partial charge is 0.261 e. The van der Waals surface area contributed by atoms with Crippen LogP contribution in [0.25, 0.3) is 0 Å². The third kappa shape index (κ3) is 5.20. The Morgan fingerprint density at radius 1 is 0.361 bits per heavy atom. The maximum Gasteiger partial charge on any atom is 0.0600 e. The molecule has 0 aromatic heterocycles. The van der Waals surface area contributed by atoms with Gasteiger partial charge in [-0.15, -0.1) is 0 Å². The van der Waals surface area contributed by atoms with Gasteiger partial charge in [0.25, 0.3) is 0 Å². The zero-order chi connectivity index (χ0) is 24.2. The second-order valence-electron chi connectivity index (χ2n) is 14.0. The van der Waals surface area contributed by atoms with Gasteiger partial charge in [-0.05, 0) is 81.2 Å². The van der Waals surface area contributed by atoms with Crippen LogP contribution in [0.4, 0.5) is 0 Å². The summed E-state index contributed by atoms with van der Waals surface area (Å²) in [4.78, 5) is 6.47. The maximum absolute atomic E-state index is 3.24. The normalized spacial score (nSPS) is 30.8. The Balaban J connectivity index is 1.54. The summed E-state index contributed by atoms with van der Waals surface area (Å²) in [6.45, 7) is 1.54. The van der Waals surface area contributed by atoms with Crippen molar-refractivity contribution in [3.63, 3.8) is 0 Å². The van der Waals surface area contributed by atoms with Crippen LogP contribution in [0.15, 0.2) is 0 Å². The molecule has 0 amide bonds. The molecule has 0 aromatic rings. The first-order chi connectivity index (χ1) is 17.9. The van der Waals surface area contributed by atoms with Crippen molar-refractivity contribution in [3.05, 3.63) is 0 Å². The van der Waals surface area contributed by atoms with Gasteiger partial charge in [-0.25, -0.2) is 0 Å². The van der Waals surface area contributed by atoms with Gasteiger partial charge in [-0.1, -0.05) is 103 Å². The van der Waals surface area contributed by atoms with E-state index in [0.29, 0.717) is 0 Å². The quantitative estimate of drug-likeness (QED) is 0.337. The van der Waals surface area contributed by atoms with Gasteiger partial charge in [0.2, 0.25) is 0 Å². The Bertz CT molecular complexity index is 650. The first kappa shape index (κ1) is 26.4. The van der Waals surface area contributed by atoms with E-state index >= 15 is 0 Å². The highest BCUT2D eigenvalue weighted by molar-refractivity contribution is 7.78. The second-order valence-corrected chi connectivity index (χ2v) is 18.2. The molecule has 0 aromatic carbocycles. The molecule has 5 aliphatic carbocycles. The molecule has 0 radical (unpaired) electrons. The Hall–Kier alpha value is 0.220.